The molecule has 4 nitrogen and oxygen atoms in total. The molecule has 5 heteroatoms. The highest BCUT2D eigenvalue weighted by Crippen LogP contribution is 2.25. The van der Waals surface area contributed by atoms with Crippen molar-refractivity contribution in [3.8, 4) is 0 Å². The van der Waals surface area contributed by atoms with Gasteiger partial charge in [-0.05, 0) is 12.2 Å². The fourth-order valence-corrected chi connectivity index (χ4v) is 1.07. The van der Waals surface area contributed by atoms with E-state index in [2.05, 4.69) is 10.6 Å². The topological polar surface area (TPSA) is 53.5 Å². The van der Waals surface area contributed by atoms with E-state index in [4.69, 9.17) is 22.1 Å². The molecule has 0 aromatic rings. The van der Waals surface area contributed by atoms with Crippen LogP contribution in [0, 0.1) is 5.41 Å². The van der Waals surface area contributed by atoms with E-state index in [1.54, 1.807) is 7.05 Å². The minimum atomic E-state index is -0.110. The number of hydrogen-bond donors (Lipinski definition) is 3. The molecule has 0 spiro atoms. The van der Waals surface area contributed by atoms with Gasteiger partial charge >= 0.3 is 0 Å². The van der Waals surface area contributed by atoms with E-state index in [9.17, 15) is 0 Å². The Labute approximate surface area is 77.3 Å². The fraction of sp³-hybridized carbons (Fsp3) is 0.857. The largest absolute Gasteiger partial charge is 0.396 e. The normalized spacial score (nSPS) is 19.5. The highest BCUT2D eigenvalue weighted by Gasteiger charge is 2.37. The Morgan fingerprint density at radius 1 is 1.67 bits per heavy atom. The zero-order valence-corrected chi connectivity index (χ0v) is 7.91. The molecular weight excluding hydrogens is 176 g/mol. The third-order valence-electron chi connectivity index (χ3n) is 2.00. The van der Waals surface area contributed by atoms with Crippen LogP contribution in [0.15, 0.2) is 0 Å². The van der Waals surface area contributed by atoms with E-state index < -0.39 is 0 Å². The summed E-state index contributed by atoms with van der Waals surface area (Å²) in [6, 6.07) is 0. The standard InChI is InChI=1S/C7H14N2O2S/c1-8-6(12)9-2-7(3-10)4-11-5-7/h10H,2-5H2,1H3,(H2,8,9,12). The molecule has 0 unspecified atom stereocenters. The van der Waals surface area contributed by atoms with Gasteiger partial charge in [-0.15, -0.1) is 0 Å². The summed E-state index contributed by atoms with van der Waals surface area (Å²) < 4.78 is 5.03. The van der Waals surface area contributed by atoms with Gasteiger partial charge in [0.2, 0.25) is 0 Å². The highest BCUT2D eigenvalue weighted by molar-refractivity contribution is 7.80. The molecule has 0 bridgehead atoms. The van der Waals surface area contributed by atoms with Crippen LogP contribution in [0.4, 0.5) is 0 Å². The second kappa shape index (κ2) is 4.02. The van der Waals surface area contributed by atoms with E-state index >= 15 is 0 Å². The Morgan fingerprint density at radius 3 is 2.67 bits per heavy atom. The average Bonchev–Trinajstić information content (AvgIpc) is 2.03. The van der Waals surface area contributed by atoms with Gasteiger partial charge in [0.05, 0.1) is 25.2 Å². The lowest BCUT2D eigenvalue weighted by molar-refractivity contribution is -0.132. The van der Waals surface area contributed by atoms with Crippen LogP contribution in [-0.4, -0.2) is 43.6 Å². The molecule has 0 aromatic carbocycles. The molecule has 0 saturated carbocycles. The lowest BCUT2D eigenvalue weighted by atomic mass is 9.87. The summed E-state index contributed by atoms with van der Waals surface area (Å²) >= 11 is 4.90. The van der Waals surface area contributed by atoms with Crippen molar-refractivity contribution in [2.24, 2.45) is 5.41 Å². The van der Waals surface area contributed by atoms with Gasteiger partial charge in [-0.3, -0.25) is 0 Å². The van der Waals surface area contributed by atoms with Crippen molar-refractivity contribution in [2.75, 3.05) is 33.4 Å². The summed E-state index contributed by atoms with van der Waals surface area (Å²) in [5.41, 5.74) is -0.110. The minimum Gasteiger partial charge on any atom is -0.396 e. The zero-order valence-electron chi connectivity index (χ0n) is 7.09. The summed E-state index contributed by atoms with van der Waals surface area (Å²) in [6.45, 7) is 2.04. The summed E-state index contributed by atoms with van der Waals surface area (Å²) in [4.78, 5) is 0. The van der Waals surface area contributed by atoms with Crippen LogP contribution >= 0.6 is 12.2 Å². The van der Waals surface area contributed by atoms with E-state index in [1.165, 1.54) is 0 Å². The van der Waals surface area contributed by atoms with Crippen molar-refractivity contribution in [2.45, 2.75) is 0 Å². The van der Waals surface area contributed by atoms with Gasteiger partial charge in [-0.1, -0.05) is 0 Å². The molecular formula is C7H14N2O2S. The molecule has 3 N–H and O–H groups in total. The second-order valence-electron chi connectivity index (χ2n) is 3.08. The number of hydrogen-bond acceptors (Lipinski definition) is 3. The van der Waals surface area contributed by atoms with Crippen LogP contribution < -0.4 is 10.6 Å². The van der Waals surface area contributed by atoms with Gasteiger partial charge in [0.25, 0.3) is 0 Å². The van der Waals surface area contributed by atoms with Gasteiger partial charge in [0.15, 0.2) is 5.11 Å². The van der Waals surface area contributed by atoms with Crippen LogP contribution in [0.5, 0.6) is 0 Å². The van der Waals surface area contributed by atoms with Gasteiger partial charge < -0.3 is 20.5 Å². The zero-order chi connectivity index (χ0) is 9.03. The van der Waals surface area contributed by atoms with Crippen molar-refractivity contribution in [1.29, 1.82) is 0 Å². The molecule has 0 aliphatic carbocycles. The summed E-state index contributed by atoms with van der Waals surface area (Å²) in [7, 11) is 1.76. The molecule has 1 fully saturated rings. The maximum absolute atomic E-state index is 9.04. The van der Waals surface area contributed by atoms with Gasteiger partial charge in [0.1, 0.15) is 0 Å². The van der Waals surface area contributed by atoms with Crippen molar-refractivity contribution >= 4 is 17.3 Å². The number of rotatable bonds is 3. The first-order valence-electron chi connectivity index (χ1n) is 3.87. The molecule has 1 saturated heterocycles. The third kappa shape index (κ3) is 2.06. The number of nitrogens with one attached hydrogen (secondary N) is 2. The van der Waals surface area contributed by atoms with Crippen LogP contribution in [0.1, 0.15) is 0 Å². The predicted octanol–water partition coefficient (Wildman–Crippen LogP) is -0.911. The van der Waals surface area contributed by atoms with E-state index in [1.807, 2.05) is 0 Å². The Morgan fingerprint density at radius 2 is 2.33 bits per heavy atom. The molecule has 0 aromatic heterocycles. The molecule has 1 rings (SSSR count). The van der Waals surface area contributed by atoms with Crippen LogP contribution in [-0.2, 0) is 4.74 Å². The smallest absolute Gasteiger partial charge is 0.166 e. The first kappa shape index (κ1) is 9.70. The Kier molecular flexibility index (Phi) is 3.25. The number of thiocarbonyl (C=S) groups is 1. The second-order valence-corrected chi connectivity index (χ2v) is 3.49. The van der Waals surface area contributed by atoms with Crippen LogP contribution in [0.25, 0.3) is 0 Å². The monoisotopic (exact) mass is 190 g/mol. The first-order valence-corrected chi connectivity index (χ1v) is 4.27. The SMILES string of the molecule is CNC(=S)NCC1(CO)COC1. The number of aliphatic hydroxyl groups is 1. The van der Waals surface area contributed by atoms with Crippen LogP contribution in [0.2, 0.25) is 0 Å². The van der Waals surface area contributed by atoms with Crippen molar-refractivity contribution in [3.63, 3.8) is 0 Å². The summed E-state index contributed by atoms with van der Waals surface area (Å²) in [5, 5.41) is 15.5. The van der Waals surface area contributed by atoms with Gasteiger partial charge in [-0.25, -0.2) is 0 Å². The Bertz CT molecular complexity index is 165. The van der Waals surface area contributed by atoms with E-state index in [0.29, 0.717) is 24.9 Å². The molecule has 1 aliphatic heterocycles. The number of ether oxygens (including phenoxy) is 1. The molecule has 12 heavy (non-hydrogen) atoms. The maximum atomic E-state index is 9.04. The van der Waals surface area contributed by atoms with Crippen molar-refractivity contribution in [3.05, 3.63) is 0 Å². The minimum absolute atomic E-state index is 0.110. The maximum Gasteiger partial charge on any atom is 0.166 e. The molecule has 70 valence electrons. The van der Waals surface area contributed by atoms with Gasteiger partial charge in [-0.2, -0.15) is 0 Å². The summed E-state index contributed by atoms with van der Waals surface area (Å²) in [5.74, 6) is 0. The van der Waals surface area contributed by atoms with Gasteiger partial charge in [0, 0.05) is 13.6 Å². The highest BCUT2D eigenvalue weighted by atomic mass is 32.1. The summed E-state index contributed by atoms with van der Waals surface area (Å²) in [6.07, 6.45) is 0. The lowest BCUT2D eigenvalue weighted by Gasteiger charge is -2.40. The molecule has 1 heterocycles. The predicted molar refractivity (Wildman–Crippen MR) is 50.0 cm³/mol. The van der Waals surface area contributed by atoms with E-state index in [-0.39, 0.29) is 12.0 Å². The first-order chi connectivity index (χ1) is 5.72. The molecule has 0 amide bonds. The molecule has 0 atom stereocenters. The fourth-order valence-electron chi connectivity index (χ4n) is 0.996. The lowest BCUT2D eigenvalue weighted by Crippen LogP contribution is -2.54. The third-order valence-corrected chi connectivity index (χ3v) is 2.35. The average molecular weight is 190 g/mol. The quantitative estimate of drug-likeness (QED) is 0.503. The Hall–Kier alpha value is -0.390. The Balaban J connectivity index is 2.24. The number of aliphatic hydroxyl groups excluding tert-OH is 1. The molecule has 0 radical (unpaired) electrons. The van der Waals surface area contributed by atoms with E-state index in [0.717, 1.165) is 0 Å². The van der Waals surface area contributed by atoms with Crippen LogP contribution in [0.3, 0.4) is 0 Å². The van der Waals surface area contributed by atoms with Crippen molar-refractivity contribution < 1.29 is 9.84 Å². The van der Waals surface area contributed by atoms with Crippen molar-refractivity contribution in [1.82, 2.24) is 10.6 Å². The molecule has 1 aliphatic rings.